The number of rotatable bonds is 4. The van der Waals surface area contributed by atoms with E-state index >= 15 is 0 Å². The standard InChI is InChI=1S/C43H31NS/c1-43(2)35-17-8-6-14-33(35)42-36(43)18-11-20-38(42)44(30-24-22-29(23-25-30)28-12-4-3-5-13-28)37-19-10-16-32-31(37)26-27-40-41(32)34-15-7-9-21-39(34)45-40/h3-27H,1-2H3. The first-order valence-corrected chi connectivity index (χ1v) is 16.4. The van der Waals surface area contributed by atoms with Gasteiger partial charge in [-0.05, 0) is 69.6 Å². The van der Waals surface area contributed by atoms with E-state index in [2.05, 4.69) is 170 Å². The summed E-state index contributed by atoms with van der Waals surface area (Å²) in [6.45, 7) is 4.72. The second-order valence-electron chi connectivity index (χ2n) is 12.5. The van der Waals surface area contributed by atoms with Gasteiger partial charge in [-0.15, -0.1) is 11.3 Å². The molecule has 45 heavy (non-hydrogen) atoms. The highest BCUT2D eigenvalue weighted by Gasteiger charge is 2.37. The fourth-order valence-electron chi connectivity index (χ4n) is 7.52. The Hall–Kier alpha value is -5.18. The lowest BCUT2D eigenvalue weighted by Gasteiger charge is -2.30. The van der Waals surface area contributed by atoms with Crippen molar-refractivity contribution in [3.05, 3.63) is 163 Å². The number of nitrogens with zero attached hydrogens (tertiary/aromatic N) is 1. The molecule has 7 aromatic carbocycles. The van der Waals surface area contributed by atoms with Gasteiger partial charge in [-0.3, -0.25) is 0 Å². The van der Waals surface area contributed by atoms with Crippen molar-refractivity contribution in [2.45, 2.75) is 19.3 Å². The SMILES string of the molecule is CC1(C)c2ccccc2-c2c(N(c3ccc(-c4ccccc4)cc3)c3cccc4c3ccc3sc5ccccc5c34)cccc21. The van der Waals surface area contributed by atoms with E-state index in [1.165, 1.54) is 75.7 Å². The third-order valence-electron chi connectivity index (χ3n) is 9.68. The second-order valence-corrected chi connectivity index (χ2v) is 13.6. The van der Waals surface area contributed by atoms with Crippen LogP contribution in [0.25, 0.3) is 53.2 Å². The maximum Gasteiger partial charge on any atom is 0.0543 e. The van der Waals surface area contributed by atoms with Gasteiger partial charge in [0.2, 0.25) is 0 Å². The molecule has 1 heterocycles. The van der Waals surface area contributed by atoms with Crippen LogP contribution in [-0.2, 0) is 5.41 Å². The summed E-state index contributed by atoms with van der Waals surface area (Å²) >= 11 is 1.88. The van der Waals surface area contributed by atoms with E-state index in [4.69, 9.17) is 0 Å². The Bertz CT molecular complexity index is 2400. The van der Waals surface area contributed by atoms with Crippen molar-refractivity contribution in [3.63, 3.8) is 0 Å². The lowest BCUT2D eigenvalue weighted by Crippen LogP contribution is -2.16. The van der Waals surface area contributed by atoms with Gasteiger partial charge in [-0.1, -0.05) is 129 Å². The molecular formula is C43H31NS. The van der Waals surface area contributed by atoms with Crippen molar-refractivity contribution >= 4 is 59.3 Å². The number of anilines is 3. The van der Waals surface area contributed by atoms with Crippen LogP contribution in [0.4, 0.5) is 17.1 Å². The molecule has 0 bridgehead atoms. The van der Waals surface area contributed by atoms with Crippen LogP contribution in [-0.4, -0.2) is 0 Å². The first kappa shape index (κ1) is 26.2. The van der Waals surface area contributed by atoms with Gasteiger partial charge in [-0.25, -0.2) is 0 Å². The normalized spacial score (nSPS) is 13.3. The number of hydrogen-bond acceptors (Lipinski definition) is 2. The van der Waals surface area contributed by atoms with Crippen molar-refractivity contribution < 1.29 is 0 Å². The Morgan fingerprint density at radius 1 is 0.467 bits per heavy atom. The number of thiophene rings is 1. The van der Waals surface area contributed by atoms with E-state index in [0.717, 1.165) is 5.69 Å². The van der Waals surface area contributed by atoms with Crippen molar-refractivity contribution in [1.82, 2.24) is 0 Å². The quantitative estimate of drug-likeness (QED) is 0.196. The van der Waals surface area contributed by atoms with E-state index in [9.17, 15) is 0 Å². The molecule has 1 aromatic heterocycles. The average molecular weight is 594 g/mol. The molecule has 1 aliphatic carbocycles. The minimum absolute atomic E-state index is 0.0781. The molecule has 1 aliphatic rings. The predicted molar refractivity (Wildman–Crippen MR) is 195 cm³/mol. The summed E-state index contributed by atoms with van der Waals surface area (Å²) < 4.78 is 2.66. The first-order chi connectivity index (χ1) is 22.1. The van der Waals surface area contributed by atoms with Gasteiger partial charge < -0.3 is 4.90 Å². The van der Waals surface area contributed by atoms with Crippen LogP contribution in [0.2, 0.25) is 0 Å². The summed E-state index contributed by atoms with van der Waals surface area (Å²) in [6.07, 6.45) is 0. The van der Waals surface area contributed by atoms with Gasteiger partial charge in [0, 0.05) is 42.2 Å². The van der Waals surface area contributed by atoms with Crippen molar-refractivity contribution in [2.75, 3.05) is 4.90 Å². The third-order valence-corrected chi connectivity index (χ3v) is 10.8. The zero-order valence-corrected chi connectivity index (χ0v) is 26.1. The van der Waals surface area contributed by atoms with Crippen LogP contribution >= 0.6 is 11.3 Å². The molecule has 1 nitrogen and oxygen atoms in total. The summed E-state index contributed by atoms with van der Waals surface area (Å²) in [5.41, 5.74) is 11.3. The lowest BCUT2D eigenvalue weighted by molar-refractivity contribution is 0.660. The molecular weight excluding hydrogens is 563 g/mol. The summed E-state index contributed by atoms with van der Waals surface area (Å²) in [7, 11) is 0. The molecule has 9 rings (SSSR count). The minimum Gasteiger partial charge on any atom is -0.309 e. The van der Waals surface area contributed by atoms with E-state index in [1.807, 2.05) is 11.3 Å². The number of benzene rings is 7. The van der Waals surface area contributed by atoms with Gasteiger partial charge in [0.1, 0.15) is 0 Å². The molecule has 0 N–H and O–H groups in total. The van der Waals surface area contributed by atoms with Crippen LogP contribution < -0.4 is 4.90 Å². The van der Waals surface area contributed by atoms with E-state index in [1.54, 1.807) is 0 Å². The van der Waals surface area contributed by atoms with Crippen molar-refractivity contribution in [2.24, 2.45) is 0 Å². The molecule has 0 fully saturated rings. The van der Waals surface area contributed by atoms with Gasteiger partial charge in [0.25, 0.3) is 0 Å². The molecule has 0 spiro atoms. The molecule has 0 aliphatic heterocycles. The van der Waals surface area contributed by atoms with Gasteiger partial charge in [-0.2, -0.15) is 0 Å². The molecule has 0 saturated heterocycles. The van der Waals surface area contributed by atoms with Crippen LogP contribution in [0.3, 0.4) is 0 Å². The summed E-state index contributed by atoms with van der Waals surface area (Å²) in [4.78, 5) is 2.49. The Morgan fingerprint density at radius 3 is 2.00 bits per heavy atom. The molecule has 2 heteroatoms. The Balaban J connectivity index is 1.33. The number of hydrogen-bond donors (Lipinski definition) is 0. The zero-order valence-electron chi connectivity index (χ0n) is 25.3. The largest absolute Gasteiger partial charge is 0.309 e. The zero-order chi connectivity index (χ0) is 30.1. The highest BCUT2D eigenvalue weighted by Crippen LogP contribution is 2.55. The average Bonchev–Trinajstić information content (AvgIpc) is 3.59. The Kier molecular flexibility index (Phi) is 5.78. The smallest absolute Gasteiger partial charge is 0.0543 e. The summed E-state index contributed by atoms with van der Waals surface area (Å²) in [5, 5.41) is 5.22. The molecule has 0 amide bonds. The van der Waals surface area contributed by atoms with Crippen LogP contribution in [0, 0.1) is 0 Å². The summed E-state index contributed by atoms with van der Waals surface area (Å²) in [5.74, 6) is 0. The minimum atomic E-state index is -0.0781. The molecule has 0 radical (unpaired) electrons. The highest BCUT2D eigenvalue weighted by molar-refractivity contribution is 7.26. The van der Waals surface area contributed by atoms with Crippen LogP contribution in [0.1, 0.15) is 25.0 Å². The molecule has 0 unspecified atom stereocenters. The predicted octanol–water partition coefficient (Wildman–Crippen LogP) is 12.7. The third kappa shape index (κ3) is 3.92. The highest BCUT2D eigenvalue weighted by atomic mass is 32.1. The van der Waals surface area contributed by atoms with E-state index < -0.39 is 0 Å². The topological polar surface area (TPSA) is 3.24 Å². The van der Waals surface area contributed by atoms with Crippen LogP contribution in [0.15, 0.2) is 152 Å². The molecule has 214 valence electrons. The van der Waals surface area contributed by atoms with Crippen LogP contribution in [0.5, 0.6) is 0 Å². The van der Waals surface area contributed by atoms with E-state index in [-0.39, 0.29) is 5.41 Å². The Labute approximate surface area is 267 Å². The van der Waals surface area contributed by atoms with Crippen molar-refractivity contribution in [3.8, 4) is 22.3 Å². The monoisotopic (exact) mass is 593 g/mol. The van der Waals surface area contributed by atoms with Crippen molar-refractivity contribution in [1.29, 1.82) is 0 Å². The lowest BCUT2D eigenvalue weighted by atomic mass is 9.82. The fraction of sp³-hybridized carbons (Fsp3) is 0.0698. The molecule has 8 aromatic rings. The fourth-order valence-corrected chi connectivity index (χ4v) is 8.64. The van der Waals surface area contributed by atoms with E-state index in [0.29, 0.717) is 0 Å². The maximum absolute atomic E-state index is 2.49. The maximum atomic E-state index is 2.49. The summed E-state index contributed by atoms with van der Waals surface area (Å²) in [6, 6.07) is 55.8. The van der Waals surface area contributed by atoms with Gasteiger partial charge in [0.15, 0.2) is 0 Å². The molecule has 0 atom stereocenters. The van der Waals surface area contributed by atoms with Gasteiger partial charge >= 0.3 is 0 Å². The van der Waals surface area contributed by atoms with Gasteiger partial charge in [0.05, 0.1) is 11.4 Å². The second kappa shape index (κ2) is 9.92. The first-order valence-electron chi connectivity index (χ1n) is 15.6. The number of fused-ring (bicyclic) bond motifs is 8. The Morgan fingerprint density at radius 2 is 1.13 bits per heavy atom. The molecule has 0 saturated carbocycles.